The van der Waals surface area contributed by atoms with E-state index in [-0.39, 0.29) is 12.0 Å². The van der Waals surface area contributed by atoms with Crippen LogP contribution in [0, 0.1) is 11.6 Å². The lowest BCUT2D eigenvalue weighted by Gasteiger charge is -2.15. The third kappa shape index (κ3) is 5.92. The molecule has 0 heterocycles. The number of benzene rings is 2. The van der Waals surface area contributed by atoms with Crippen LogP contribution < -0.4 is 10.1 Å². The Morgan fingerprint density at radius 2 is 1.93 bits per heavy atom. The highest BCUT2D eigenvalue weighted by molar-refractivity contribution is 6.30. The molecule has 0 aliphatic heterocycles. The van der Waals surface area contributed by atoms with Crippen molar-refractivity contribution >= 4 is 23.5 Å². The fourth-order valence-corrected chi connectivity index (χ4v) is 2.65. The van der Waals surface area contributed by atoms with E-state index >= 15 is 0 Å². The lowest BCUT2D eigenvalue weighted by Crippen LogP contribution is -2.31. The van der Waals surface area contributed by atoms with Crippen LogP contribution in [0.15, 0.2) is 36.4 Å². The zero-order valence-corrected chi connectivity index (χ0v) is 15.5. The number of hydrogen-bond acceptors (Lipinski definition) is 4. The minimum atomic E-state index is -0.771. The molecule has 0 spiro atoms. The summed E-state index contributed by atoms with van der Waals surface area (Å²) in [6, 6.07) is 7.17. The first-order chi connectivity index (χ1) is 12.8. The molecule has 1 amide bonds. The largest absolute Gasteiger partial charge is 0.496 e. The first-order valence-corrected chi connectivity index (χ1v) is 8.40. The molecular weight excluding hydrogens is 380 g/mol. The predicted octanol–water partition coefficient (Wildman–Crippen LogP) is 3.59. The second kappa shape index (κ2) is 9.32. The summed E-state index contributed by atoms with van der Waals surface area (Å²) in [5.41, 5.74) is 0.650. The first kappa shape index (κ1) is 20.6. The number of ether oxygens (including phenoxy) is 2. The van der Waals surface area contributed by atoms with Crippen molar-refractivity contribution in [1.82, 2.24) is 5.32 Å². The van der Waals surface area contributed by atoms with E-state index in [0.717, 1.165) is 12.1 Å². The SMILES string of the molecule is COc1ccc(Cl)cc1CC(=O)OCC(=O)N[C@H](C)c1ccc(F)cc1F. The molecule has 2 aromatic carbocycles. The molecule has 8 heteroatoms. The van der Waals surface area contributed by atoms with Gasteiger partial charge in [0.15, 0.2) is 6.61 Å². The summed E-state index contributed by atoms with van der Waals surface area (Å²) in [5.74, 6) is -2.27. The van der Waals surface area contributed by atoms with Crippen LogP contribution in [0.2, 0.25) is 5.02 Å². The monoisotopic (exact) mass is 397 g/mol. The summed E-state index contributed by atoms with van der Waals surface area (Å²) in [7, 11) is 1.46. The summed E-state index contributed by atoms with van der Waals surface area (Å²) >= 11 is 5.90. The molecule has 0 unspecified atom stereocenters. The van der Waals surface area contributed by atoms with Crippen LogP contribution in [-0.2, 0) is 20.7 Å². The fraction of sp³-hybridized carbons (Fsp3) is 0.263. The van der Waals surface area contributed by atoms with Gasteiger partial charge in [-0.05, 0) is 31.2 Å². The highest BCUT2D eigenvalue weighted by Gasteiger charge is 2.16. The quantitative estimate of drug-likeness (QED) is 0.725. The van der Waals surface area contributed by atoms with Crippen LogP contribution in [0.25, 0.3) is 0 Å². The number of carbonyl (C=O) groups excluding carboxylic acids is 2. The van der Waals surface area contributed by atoms with E-state index in [1.165, 1.54) is 20.1 Å². The average Bonchev–Trinajstić information content (AvgIpc) is 2.60. The van der Waals surface area contributed by atoms with Crippen LogP contribution in [0.3, 0.4) is 0 Å². The average molecular weight is 398 g/mol. The molecule has 0 bridgehead atoms. The molecule has 0 saturated carbocycles. The van der Waals surface area contributed by atoms with Crippen LogP contribution in [0.5, 0.6) is 5.75 Å². The van der Waals surface area contributed by atoms with Crippen molar-refractivity contribution in [3.63, 3.8) is 0 Å². The maximum Gasteiger partial charge on any atom is 0.310 e. The van der Waals surface area contributed by atoms with Gasteiger partial charge < -0.3 is 14.8 Å². The Hall–Kier alpha value is -2.67. The number of hydrogen-bond donors (Lipinski definition) is 1. The third-order valence-electron chi connectivity index (χ3n) is 3.75. The summed E-state index contributed by atoms with van der Waals surface area (Å²) in [5, 5.41) is 2.92. The molecule has 1 atom stereocenters. The van der Waals surface area contributed by atoms with Crippen molar-refractivity contribution in [2.45, 2.75) is 19.4 Å². The molecule has 0 radical (unpaired) electrons. The first-order valence-electron chi connectivity index (χ1n) is 8.02. The molecule has 0 aromatic heterocycles. The van der Waals surface area contributed by atoms with E-state index < -0.39 is 36.2 Å². The lowest BCUT2D eigenvalue weighted by molar-refractivity contribution is -0.148. The Morgan fingerprint density at radius 3 is 2.59 bits per heavy atom. The van der Waals surface area contributed by atoms with E-state index in [4.69, 9.17) is 21.1 Å². The van der Waals surface area contributed by atoms with Crippen LogP contribution in [-0.4, -0.2) is 25.6 Å². The number of halogens is 3. The van der Waals surface area contributed by atoms with Gasteiger partial charge >= 0.3 is 5.97 Å². The standard InChI is InChI=1S/C19H18ClF2NO4/c1-11(15-5-4-14(21)9-16(15)22)23-18(24)10-27-19(25)8-12-7-13(20)3-6-17(12)26-2/h3-7,9,11H,8,10H2,1-2H3,(H,23,24)/t11-/m1/s1. The molecular formula is C19H18ClF2NO4. The highest BCUT2D eigenvalue weighted by Crippen LogP contribution is 2.23. The Bertz CT molecular complexity index is 844. The van der Waals surface area contributed by atoms with Crippen molar-refractivity contribution in [3.8, 4) is 5.75 Å². The van der Waals surface area contributed by atoms with Gasteiger partial charge in [-0.1, -0.05) is 17.7 Å². The van der Waals surface area contributed by atoms with E-state index in [2.05, 4.69) is 5.32 Å². The maximum atomic E-state index is 13.7. The normalized spacial score (nSPS) is 11.6. The van der Waals surface area contributed by atoms with E-state index in [1.807, 2.05) is 0 Å². The Labute approximate surface area is 160 Å². The second-order valence-electron chi connectivity index (χ2n) is 5.75. The second-order valence-corrected chi connectivity index (χ2v) is 6.19. The summed E-state index contributed by atoms with van der Waals surface area (Å²) in [4.78, 5) is 23.8. The molecule has 0 aliphatic carbocycles. The van der Waals surface area contributed by atoms with Crippen LogP contribution in [0.4, 0.5) is 8.78 Å². The number of esters is 1. The Morgan fingerprint density at radius 1 is 1.19 bits per heavy atom. The summed E-state index contributed by atoms with van der Waals surface area (Å²) in [6.07, 6.45) is -0.126. The third-order valence-corrected chi connectivity index (χ3v) is 3.98. The molecule has 2 aromatic rings. The van der Waals surface area contributed by atoms with Crippen molar-refractivity contribution in [2.24, 2.45) is 0 Å². The number of methoxy groups -OCH3 is 1. The lowest BCUT2D eigenvalue weighted by atomic mass is 10.1. The molecule has 5 nitrogen and oxygen atoms in total. The molecule has 27 heavy (non-hydrogen) atoms. The number of amides is 1. The van der Waals surface area contributed by atoms with Gasteiger partial charge in [-0.3, -0.25) is 9.59 Å². The molecule has 2 rings (SSSR count). The van der Waals surface area contributed by atoms with E-state index in [1.54, 1.807) is 18.2 Å². The van der Waals surface area contributed by atoms with Gasteiger partial charge in [-0.2, -0.15) is 0 Å². The fourth-order valence-electron chi connectivity index (χ4n) is 2.45. The van der Waals surface area contributed by atoms with Gasteiger partial charge in [0, 0.05) is 22.2 Å². The smallest absolute Gasteiger partial charge is 0.310 e. The minimum Gasteiger partial charge on any atom is -0.496 e. The van der Waals surface area contributed by atoms with E-state index in [9.17, 15) is 18.4 Å². The highest BCUT2D eigenvalue weighted by atomic mass is 35.5. The molecule has 1 N–H and O–H groups in total. The topological polar surface area (TPSA) is 64.6 Å². The summed E-state index contributed by atoms with van der Waals surface area (Å²) < 4.78 is 36.7. The molecule has 0 fully saturated rings. The van der Waals surface area contributed by atoms with Crippen molar-refractivity contribution < 1.29 is 27.8 Å². The molecule has 144 valence electrons. The van der Waals surface area contributed by atoms with Gasteiger partial charge in [0.2, 0.25) is 0 Å². The number of rotatable bonds is 7. The van der Waals surface area contributed by atoms with Gasteiger partial charge in [0.05, 0.1) is 19.6 Å². The predicted molar refractivity (Wildman–Crippen MR) is 95.6 cm³/mol. The molecule has 0 aliphatic rings. The van der Waals surface area contributed by atoms with Crippen LogP contribution in [0.1, 0.15) is 24.1 Å². The maximum absolute atomic E-state index is 13.7. The van der Waals surface area contributed by atoms with Gasteiger partial charge in [0.25, 0.3) is 5.91 Å². The van der Waals surface area contributed by atoms with E-state index in [0.29, 0.717) is 16.3 Å². The van der Waals surface area contributed by atoms with Gasteiger partial charge in [-0.15, -0.1) is 0 Å². The van der Waals surface area contributed by atoms with Crippen molar-refractivity contribution in [1.29, 1.82) is 0 Å². The van der Waals surface area contributed by atoms with Gasteiger partial charge in [-0.25, -0.2) is 8.78 Å². The Balaban J connectivity index is 1.88. The zero-order chi connectivity index (χ0) is 20.0. The Kier molecular flexibility index (Phi) is 7.12. The van der Waals surface area contributed by atoms with Gasteiger partial charge in [0.1, 0.15) is 17.4 Å². The van der Waals surface area contributed by atoms with Crippen LogP contribution >= 0.6 is 11.6 Å². The summed E-state index contributed by atoms with van der Waals surface area (Å²) in [6.45, 7) is 1.00. The number of carbonyl (C=O) groups is 2. The van der Waals surface area contributed by atoms with Crippen molar-refractivity contribution in [2.75, 3.05) is 13.7 Å². The van der Waals surface area contributed by atoms with Crippen molar-refractivity contribution in [3.05, 3.63) is 64.2 Å². The molecule has 0 saturated heterocycles. The number of nitrogens with one attached hydrogen (secondary N) is 1. The minimum absolute atomic E-state index is 0.125. The zero-order valence-electron chi connectivity index (χ0n) is 14.7.